The lowest BCUT2D eigenvalue weighted by Crippen LogP contribution is -2.33. The van der Waals surface area contributed by atoms with Crippen molar-refractivity contribution in [1.82, 2.24) is 10.2 Å². The minimum atomic E-state index is -0.914. The third kappa shape index (κ3) is 7.17. The van der Waals surface area contributed by atoms with Gasteiger partial charge in [-0.25, -0.2) is 9.59 Å². The first-order valence-electron chi connectivity index (χ1n) is 12.2. The predicted octanol–water partition coefficient (Wildman–Crippen LogP) is 4.62. The summed E-state index contributed by atoms with van der Waals surface area (Å²) in [6, 6.07) is 15.8. The van der Waals surface area contributed by atoms with Crippen LogP contribution in [0.3, 0.4) is 0 Å². The molecule has 200 valence electrons. The van der Waals surface area contributed by atoms with Crippen molar-refractivity contribution in [2.24, 2.45) is 0 Å². The number of benzene rings is 2. The standard InChI is InChI=1S/C29H33N3O6/c1-19(2)18-38-29(34)26-21(4)30-20(3)25(27(26)23-12-9-13-24(16-23)32(35)36)28(33)37-15-14-31(5)17-22-10-7-6-8-11-22/h6-13,16,27,30H,1,14-15,17-18H2,2-5H3. The van der Waals surface area contributed by atoms with E-state index in [1.54, 1.807) is 26.8 Å². The number of rotatable bonds is 11. The van der Waals surface area contributed by atoms with Gasteiger partial charge in [-0.15, -0.1) is 0 Å². The molecule has 0 saturated heterocycles. The first-order chi connectivity index (χ1) is 18.1. The Labute approximate surface area is 222 Å². The van der Waals surface area contributed by atoms with Gasteiger partial charge >= 0.3 is 11.9 Å². The molecule has 2 aromatic rings. The number of ether oxygens (including phenoxy) is 2. The van der Waals surface area contributed by atoms with Gasteiger partial charge in [-0.1, -0.05) is 49.0 Å². The molecule has 0 fully saturated rings. The van der Waals surface area contributed by atoms with Gasteiger partial charge in [0, 0.05) is 36.6 Å². The van der Waals surface area contributed by atoms with Crippen molar-refractivity contribution >= 4 is 17.6 Å². The van der Waals surface area contributed by atoms with Gasteiger partial charge in [-0.3, -0.25) is 15.0 Å². The smallest absolute Gasteiger partial charge is 0.337 e. The molecular weight excluding hydrogens is 486 g/mol. The lowest BCUT2D eigenvalue weighted by Gasteiger charge is -2.30. The summed E-state index contributed by atoms with van der Waals surface area (Å²) in [5.41, 5.74) is 3.42. The van der Waals surface area contributed by atoms with Gasteiger partial charge in [0.2, 0.25) is 0 Å². The van der Waals surface area contributed by atoms with Crippen LogP contribution in [0.4, 0.5) is 5.69 Å². The van der Waals surface area contributed by atoms with Crippen molar-refractivity contribution in [3.05, 3.63) is 111 Å². The maximum absolute atomic E-state index is 13.4. The lowest BCUT2D eigenvalue weighted by molar-refractivity contribution is -0.384. The first kappa shape index (κ1) is 28.3. The minimum absolute atomic E-state index is 0.00744. The van der Waals surface area contributed by atoms with Crippen LogP contribution in [0.25, 0.3) is 0 Å². The molecule has 0 amide bonds. The van der Waals surface area contributed by atoms with Crippen molar-refractivity contribution in [3.63, 3.8) is 0 Å². The minimum Gasteiger partial charge on any atom is -0.461 e. The highest BCUT2D eigenvalue weighted by molar-refractivity contribution is 6.00. The molecule has 0 aliphatic carbocycles. The van der Waals surface area contributed by atoms with E-state index in [0.717, 1.165) is 5.56 Å². The average Bonchev–Trinajstić information content (AvgIpc) is 2.87. The molecule has 0 radical (unpaired) electrons. The van der Waals surface area contributed by atoms with Crippen LogP contribution >= 0.6 is 0 Å². The van der Waals surface area contributed by atoms with Crippen LogP contribution in [-0.4, -0.2) is 48.6 Å². The maximum Gasteiger partial charge on any atom is 0.337 e. The van der Waals surface area contributed by atoms with Gasteiger partial charge in [0.15, 0.2) is 0 Å². The predicted molar refractivity (Wildman–Crippen MR) is 144 cm³/mol. The zero-order chi connectivity index (χ0) is 27.8. The molecular formula is C29H33N3O6. The largest absolute Gasteiger partial charge is 0.461 e. The third-order valence-corrected chi connectivity index (χ3v) is 6.07. The van der Waals surface area contributed by atoms with Crippen LogP contribution in [0, 0.1) is 10.1 Å². The van der Waals surface area contributed by atoms with E-state index in [4.69, 9.17) is 9.47 Å². The fourth-order valence-electron chi connectivity index (χ4n) is 4.30. The normalized spacial score (nSPS) is 15.2. The Morgan fingerprint density at radius 1 is 1.03 bits per heavy atom. The van der Waals surface area contributed by atoms with Crippen molar-refractivity contribution < 1.29 is 24.0 Å². The van der Waals surface area contributed by atoms with Crippen molar-refractivity contribution in [2.45, 2.75) is 33.2 Å². The number of nitrogens with zero attached hydrogens (tertiary/aromatic N) is 2. The molecule has 1 heterocycles. The quantitative estimate of drug-likeness (QED) is 0.198. The van der Waals surface area contributed by atoms with Gasteiger partial charge in [-0.05, 0) is 44.5 Å². The lowest BCUT2D eigenvalue weighted by atomic mass is 9.80. The zero-order valence-electron chi connectivity index (χ0n) is 22.2. The Kier molecular flexibility index (Phi) is 9.56. The van der Waals surface area contributed by atoms with Gasteiger partial charge < -0.3 is 14.8 Å². The number of likely N-dealkylation sites (N-methyl/N-ethyl adjacent to an activating group) is 1. The van der Waals surface area contributed by atoms with E-state index in [1.807, 2.05) is 42.3 Å². The number of hydrogen-bond acceptors (Lipinski definition) is 8. The molecule has 9 nitrogen and oxygen atoms in total. The maximum atomic E-state index is 13.4. The fourth-order valence-corrected chi connectivity index (χ4v) is 4.30. The Morgan fingerprint density at radius 2 is 1.66 bits per heavy atom. The summed E-state index contributed by atoms with van der Waals surface area (Å²) in [7, 11) is 1.93. The van der Waals surface area contributed by atoms with Crippen molar-refractivity contribution in [2.75, 3.05) is 26.8 Å². The van der Waals surface area contributed by atoms with E-state index < -0.39 is 22.8 Å². The van der Waals surface area contributed by atoms with E-state index in [9.17, 15) is 19.7 Å². The summed E-state index contributed by atoms with van der Waals surface area (Å²) < 4.78 is 11.1. The molecule has 0 spiro atoms. The zero-order valence-corrected chi connectivity index (χ0v) is 22.2. The molecule has 1 aliphatic rings. The van der Waals surface area contributed by atoms with Crippen LogP contribution in [0.15, 0.2) is 89.3 Å². The monoisotopic (exact) mass is 519 g/mol. The number of carbonyl (C=O) groups excluding carboxylic acids is 2. The van der Waals surface area contributed by atoms with Crippen LogP contribution in [0.1, 0.15) is 37.8 Å². The second kappa shape index (κ2) is 12.8. The van der Waals surface area contributed by atoms with Crippen molar-refractivity contribution in [3.8, 4) is 0 Å². The first-order valence-corrected chi connectivity index (χ1v) is 12.2. The highest BCUT2D eigenvalue weighted by Crippen LogP contribution is 2.40. The number of allylic oxidation sites excluding steroid dienone is 2. The number of dihydropyridines is 1. The number of carbonyl (C=O) groups is 2. The van der Waals surface area contributed by atoms with Gasteiger partial charge in [0.25, 0.3) is 5.69 Å². The Bertz CT molecular complexity index is 1280. The van der Waals surface area contributed by atoms with Crippen LogP contribution in [-0.2, 0) is 25.6 Å². The second-order valence-electron chi connectivity index (χ2n) is 9.38. The number of nitro benzene ring substituents is 1. The van der Waals surface area contributed by atoms with Crippen molar-refractivity contribution in [1.29, 1.82) is 0 Å². The van der Waals surface area contributed by atoms with E-state index in [1.165, 1.54) is 18.2 Å². The van der Waals surface area contributed by atoms with E-state index in [0.29, 0.717) is 35.6 Å². The average molecular weight is 520 g/mol. The van der Waals surface area contributed by atoms with Crippen LogP contribution in [0.2, 0.25) is 0 Å². The number of non-ortho nitro benzene ring substituents is 1. The molecule has 1 unspecified atom stereocenters. The van der Waals surface area contributed by atoms with Crippen LogP contribution < -0.4 is 5.32 Å². The van der Waals surface area contributed by atoms with E-state index in [-0.39, 0.29) is 30.0 Å². The second-order valence-corrected chi connectivity index (χ2v) is 9.38. The third-order valence-electron chi connectivity index (χ3n) is 6.07. The summed E-state index contributed by atoms with van der Waals surface area (Å²) in [5.74, 6) is -2.17. The summed E-state index contributed by atoms with van der Waals surface area (Å²) in [5, 5.41) is 14.6. The van der Waals surface area contributed by atoms with Crippen LogP contribution in [0.5, 0.6) is 0 Å². The molecule has 3 rings (SSSR count). The highest BCUT2D eigenvalue weighted by atomic mass is 16.6. The molecule has 2 aromatic carbocycles. The van der Waals surface area contributed by atoms with Gasteiger partial charge in [0.1, 0.15) is 13.2 Å². The molecule has 0 bridgehead atoms. The van der Waals surface area contributed by atoms with E-state index in [2.05, 4.69) is 11.9 Å². The van der Waals surface area contributed by atoms with Gasteiger partial charge in [-0.2, -0.15) is 0 Å². The summed E-state index contributed by atoms with van der Waals surface area (Å²) in [6.45, 7) is 10.2. The number of nitrogens with one attached hydrogen (secondary N) is 1. The Hall–Kier alpha value is -4.24. The molecule has 0 aromatic heterocycles. The molecule has 38 heavy (non-hydrogen) atoms. The number of nitro groups is 1. The Balaban J connectivity index is 1.87. The van der Waals surface area contributed by atoms with Gasteiger partial charge in [0.05, 0.1) is 22.0 Å². The number of esters is 2. The molecule has 1 N–H and O–H groups in total. The fraction of sp³-hybridized carbons (Fsp3) is 0.310. The molecule has 1 atom stereocenters. The summed E-state index contributed by atoms with van der Waals surface area (Å²) in [6.07, 6.45) is 0. The molecule has 1 aliphatic heterocycles. The topological polar surface area (TPSA) is 111 Å². The molecule has 0 saturated carbocycles. The SMILES string of the molecule is C=C(C)COC(=O)C1=C(C)NC(C)=C(C(=O)OCCN(C)Cc2ccccc2)C1c1cccc([N+](=O)[O-])c1. The molecule has 9 heteroatoms. The highest BCUT2D eigenvalue weighted by Gasteiger charge is 2.38. The Morgan fingerprint density at radius 3 is 2.26 bits per heavy atom. The van der Waals surface area contributed by atoms with E-state index >= 15 is 0 Å². The summed E-state index contributed by atoms with van der Waals surface area (Å²) >= 11 is 0. The summed E-state index contributed by atoms with van der Waals surface area (Å²) in [4.78, 5) is 39.6. The number of hydrogen-bond donors (Lipinski definition) is 1.